The minimum absolute atomic E-state index is 0.0541. The molecule has 0 aliphatic rings. The first-order chi connectivity index (χ1) is 9.23. The van der Waals surface area contributed by atoms with E-state index in [9.17, 15) is 19.5 Å². The Morgan fingerprint density at radius 3 is 2.30 bits per heavy atom. The van der Waals surface area contributed by atoms with Crippen molar-refractivity contribution in [1.29, 1.82) is 0 Å². The van der Waals surface area contributed by atoms with Crippen molar-refractivity contribution in [2.24, 2.45) is 0 Å². The number of aliphatic carboxylic acids is 2. The van der Waals surface area contributed by atoms with Crippen LogP contribution < -0.4 is 0 Å². The molecule has 0 amide bonds. The van der Waals surface area contributed by atoms with Gasteiger partial charge in [-0.1, -0.05) is 34.1 Å². The predicted molar refractivity (Wildman–Crippen MR) is 73.1 cm³/mol. The Bertz CT molecular complexity index is 552. The summed E-state index contributed by atoms with van der Waals surface area (Å²) in [5, 5.41) is 27.2. The zero-order chi connectivity index (χ0) is 15.4. The van der Waals surface area contributed by atoms with Crippen LogP contribution in [0.5, 0.6) is 0 Å². The Morgan fingerprint density at radius 1 is 1.25 bits per heavy atom. The molecule has 2 unspecified atom stereocenters. The highest BCUT2D eigenvalue weighted by molar-refractivity contribution is 9.10. The summed E-state index contributed by atoms with van der Waals surface area (Å²) in [4.78, 5) is 33.0. The van der Waals surface area contributed by atoms with Crippen LogP contribution in [-0.2, 0) is 16.0 Å². The lowest BCUT2D eigenvalue weighted by Gasteiger charge is -2.14. The van der Waals surface area contributed by atoms with E-state index in [0.29, 0.717) is 5.56 Å². The number of hydrogen-bond donors (Lipinski definition) is 3. The summed E-state index contributed by atoms with van der Waals surface area (Å²) < 4.78 is 0. The Hall–Kier alpha value is -1.73. The van der Waals surface area contributed by atoms with Gasteiger partial charge in [0.25, 0.3) is 0 Å². The summed E-state index contributed by atoms with van der Waals surface area (Å²) in [6.07, 6.45) is -2.20. The summed E-state index contributed by atoms with van der Waals surface area (Å²) in [5.74, 6) is -2.98. The molecule has 0 radical (unpaired) electrons. The number of ketones is 1. The van der Waals surface area contributed by atoms with Crippen LogP contribution in [0.1, 0.15) is 34.5 Å². The number of carboxylic acid groups (broad SMARTS) is 2. The fourth-order valence-electron chi connectivity index (χ4n) is 1.69. The largest absolute Gasteiger partial charge is 0.481 e. The molecular weight excluding hydrogens is 332 g/mol. The Balaban J connectivity index is 3.33. The molecule has 1 aromatic rings. The molecule has 3 N–H and O–H groups in total. The third kappa shape index (κ3) is 3.88. The second kappa shape index (κ2) is 6.62. The minimum atomic E-state index is -1.88. The summed E-state index contributed by atoms with van der Waals surface area (Å²) in [6, 6.07) is 3.99. The first-order valence-electron chi connectivity index (χ1n) is 5.67. The predicted octanol–water partition coefficient (Wildman–Crippen LogP) is 1.40. The highest BCUT2D eigenvalue weighted by atomic mass is 79.9. The highest BCUT2D eigenvalue weighted by Gasteiger charge is 2.25. The van der Waals surface area contributed by atoms with Gasteiger partial charge in [-0.25, -0.2) is 4.79 Å². The first kappa shape index (κ1) is 16.3. The van der Waals surface area contributed by atoms with Crippen molar-refractivity contribution < 1.29 is 29.7 Å². The van der Waals surface area contributed by atoms with Gasteiger partial charge in [0.2, 0.25) is 0 Å². The average molecular weight is 345 g/mol. The van der Waals surface area contributed by atoms with Crippen LogP contribution in [-0.4, -0.2) is 37.9 Å². The molecule has 0 saturated heterocycles. The van der Waals surface area contributed by atoms with Crippen molar-refractivity contribution in [3.05, 3.63) is 34.9 Å². The summed E-state index contributed by atoms with van der Waals surface area (Å²) in [6.45, 7) is 1.57. The fraction of sp³-hybridized carbons (Fsp3) is 0.308. The number of carboxylic acids is 2. The Kier molecular flexibility index (Phi) is 5.41. The number of rotatable bonds is 6. The molecule has 108 valence electrons. The second-order valence-electron chi connectivity index (χ2n) is 4.21. The molecule has 0 saturated carbocycles. The van der Waals surface area contributed by atoms with Crippen LogP contribution >= 0.6 is 15.9 Å². The van der Waals surface area contributed by atoms with Crippen LogP contribution in [0.4, 0.5) is 0 Å². The molecule has 0 aliphatic carbocycles. The monoisotopic (exact) mass is 344 g/mol. The molecule has 1 aromatic carbocycles. The summed E-state index contributed by atoms with van der Waals surface area (Å²) >= 11 is 3.08. The summed E-state index contributed by atoms with van der Waals surface area (Å²) in [5.41, 5.74) is 0.262. The number of carbonyl (C=O) groups excluding carboxylic acids is 1. The molecule has 0 bridgehead atoms. The van der Waals surface area contributed by atoms with E-state index in [0.717, 1.165) is 0 Å². The van der Waals surface area contributed by atoms with Gasteiger partial charge < -0.3 is 15.3 Å². The van der Waals surface area contributed by atoms with Gasteiger partial charge in [-0.15, -0.1) is 0 Å². The SMILES string of the molecule is CC(Br)C(=O)c1ccc(CC(=O)O)cc1C(O)C(=O)O. The topological polar surface area (TPSA) is 112 Å². The molecule has 0 aliphatic heterocycles. The van der Waals surface area contributed by atoms with Gasteiger partial charge >= 0.3 is 11.9 Å². The summed E-state index contributed by atoms with van der Waals surface area (Å²) in [7, 11) is 0. The number of aliphatic hydroxyl groups is 1. The maximum Gasteiger partial charge on any atom is 0.337 e. The van der Waals surface area contributed by atoms with Crippen molar-refractivity contribution in [1.82, 2.24) is 0 Å². The molecule has 1 rings (SSSR count). The van der Waals surface area contributed by atoms with E-state index in [1.807, 2.05) is 0 Å². The molecule has 2 atom stereocenters. The lowest BCUT2D eigenvalue weighted by Crippen LogP contribution is -2.19. The highest BCUT2D eigenvalue weighted by Crippen LogP contribution is 2.23. The zero-order valence-corrected chi connectivity index (χ0v) is 12.1. The van der Waals surface area contributed by atoms with Crippen LogP contribution in [0.25, 0.3) is 0 Å². The number of Topliss-reactive ketones (excluding diaryl/α,β-unsaturated/α-hetero) is 1. The Morgan fingerprint density at radius 2 is 1.85 bits per heavy atom. The molecule has 20 heavy (non-hydrogen) atoms. The fourth-order valence-corrected chi connectivity index (χ4v) is 1.94. The van der Waals surface area contributed by atoms with Gasteiger partial charge in [0.05, 0.1) is 11.2 Å². The van der Waals surface area contributed by atoms with E-state index >= 15 is 0 Å². The van der Waals surface area contributed by atoms with Gasteiger partial charge in [0, 0.05) is 11.1 Å². The molecule has 0 spiro atoms. The van der Waals surface area contributed by atoms with Crippen molar-refractivity contribution in [2.75, 3.05) is 0 Å². The number of aliphatic hydroxyl groups excluding tert-OH is 1. The molecule has 0 heterocycles. The molecule has 7 heteroatoms. The molecular formula is C13H13BrO6. The number of alkyl halides is 1. The molecule has 0 fully saturated rings. The van der Waals surface area contributed by atoms with Crippen LogP contribution in [0, 0.1) is 0 Å². The van der Waals surface area contributed by atoms with E-state index < -0.39 is 22.9 Å². The third-order valence-corrected chi connectivity index (χ3v) is 3.04. The van der Waals surface area contributed by atoms with E-state index in [1.54, 1.807) is 6.92 Å². The lowest BCUT2D eigenvalue weighted by molar-refractivity contribution is -0.147. The normalized spacial score (nSPS) is 13.6. The number of halogens is 1. The van der Waals surface area contributed by atoms with Gasteiger partial charge in [-0.3, -0.25) is 9.59 Å². The van der Waals surface area contributed by atoms with Crippen molar-refractivity contribution >= 4 is 33.7 Å². The number of hydrogen-bond acceptors (Lipinski definition) is 4. The van der Waals surface area contributed by atoms with Gasteiger partial charge in [0.1, 0.15) is 0 Å². The van der Waals surface area contributed by atoms with E-state index in [-0.39, 0.29) is 23.3 Å². The number of carbonyl (C=O) groups is 3. The van der Waals surface area contributed by atoms with Crippen LogP contribution in [0.15, 0.2) is 18.2 Å². The molecule has 6 nitrogen and oxygen atoms in total. The second-order valence-corrected chi connectivity index (χ2v) is 5.59. The van der Waals surface area contributed by atoms with Gasteiger partial charge in [-0.2, -0.15) is 0 Å². The Labute approximate surface area is 123 Å². The van der Waals surface area contributed by atoms with Crippen molar-refractivity contribution in [3.8, 4) is 0 Å². The van der Waals surface area contributed by atoms with E-state index in [1.165, 1.54) is 18.2 Å². The van der Waals surface area contributed by atoms with Gasteiger partial charge in [0.15, 0.2) is 11.9 Å². The third-order valence-electron chi connectivity index (χ3n) is 2.63. The first-order valence-corrected chi connectivity index (χ1v) is 6.59. The quantitative estimate of drug-likeness (QED) is 0.531. The van der Waals surface area contributed by atoms with Crippen LogP contribution in [0.2, 0.25) is 0 Å². The maximum atomic E-state index is 12.0. The van der Waals surface area contributed by atoms with Crippen LogP contribution in [0.3, 0.4) is 0 Å². The van der Waals surface area contributed by atoms with Crippen molar-refractivity contribution in [3.63, 3.8) is 0 Å². The maximum absolute atomic E-state index is 12.0. The van der Waals surface area contributed by atoms with Crippen molar-refractivity contribution in [2.45, 2.75) is 24.3 Å². The lowest BCUT2D eigenvalue weighted by atomic mass is 9.94. The zero-order valence-electron chi connectivity index (χ0n) is 10.5. The standard InChI is InChI=1S/C13H13BrO6/c1-6(14)11(17)8-3-2-7(5-10(15)16)4-9(8)12(18)13(19)20/h2-4,6,12,18H,5H2,1H3,(H,15,16)(H,19,20). The van der Waals surface area contributed by atoms with E-state index in [2.05, 4.69) is 15.9 Å². The average Bonchev–Trinajstić information content (AvgIpc) is 2.35. The van der Waals surface area contributed by atoms with E-state index in [4.69, 9.17) is 10.2 Å². The minimum Gasteiger partial charge on any atom is -0.481 e. The van der Waals surface area contributed by atoms with Gasteiger partial charge in [-0.05, 0) is 12.5 Å². The molecule has 0 aromatic heterocycles. The number of benzene rings is 1. The smallest absolute Gasteiger partial charge is 0.337 e.